The van der Waals surface area contributed by atoms with Crippen molar-refractivity contribution in [2.75, 3.05) is 45.4 Å². The van der Waals surface area contributed by atoms with E-state index in [1.807, 2.05) is 5.32 Å². The summed E-state index contributed by atoms with van der Waals surface area (Å²) in [5.41, 5.74) is -0.199. The van der Waals surface area contributed by atoms with Crippen LogP contribution in [0.15, 0.2) is 18.2 Å². The van der Waals surface area contributed by atoms with E-state index in [0.717, 1.165) is 6.07 Å². The van der Waals surface area contributed by atoms with Crippen LogP contribution in [0, 0.1) is 0 Å². The fourth-order valence-corrected chi connectivity index (χ4v) is 3.98. The average molecular weight is 410 g/mol. The Morgan fingerprint density at radius 2 is 1.78 bits per heavy atom. The molecule has 1 atom stereocenters. The fraction of sp³-hybridized carbons (Fsp3) is 0.562. The van der Waals surface area contributed by atoms with Gasteiger partial charge in [-0.1, -0.05) is 6.07 Å². The zero-order chi connectivity index (χ0) is 20.2. The SMILES string of the molecule is COc1ccc([C@@H](NC(=O)CN2CCS(=O)(=O)CC2)C(F)(F)F)cc1OC. The zero-order valence-electron chi connectivity index (χ0n) is 14.9. The highest BCUT2D eigenvalue weighted by Crippen LogP contribution is 2.37. The molecule has 27 heavy (non-hydrogen) atoms. The number of halogens is 3. The Labute approximate surface area is 155 Å². The van der Waals surface area contributed by atoms with Crippen LogP contribution in [0.1, 0.15) is 11.6 Å². The predicted molar refractivity (Wildman–Crippen MR) is 91.6 cm³/mol. The molecule has 2 rings (SSSR count). The van der Waals surface area contributed by atoms with Gasteiger partial charge < -0.3 is 14.8 Å². The lowest BCUT2D eigenvalue weighted by Gasteiger charge is -2.28. The second-order valence-corrected chi connectivity index (χ2v) is 8.39. The van der Waals surface area contributed by atoms with Crippen LogP contribution in [-0.4, -0.2) is 70.8 Å². The third-order valence-electron chi connectivity index (χ3n) is 4.18. The van der Waals surface area contributed by atoms with E-state index in [1.54, 1.807) is 0 Å². The Bertz CT molecular complexity index is 769. The van der Waals surface area contributed by atoms with Crippen LogP contribution in [0.4, 0.5) is 13.2 Å². The summed E-state index contributed by atoms with van der Waals surface area (Å²) in [7, 11) is -0.475. The van der Waals surface area contributed by atoms with E-state index in [0.29, 0.717) is 0 Å². The molecule has 1 aromatic carbocycles. The summed E-state index contributed by atoms with van der Waals surface area (Å²) in [6, 6.07) is 1.46. The molecule has 11 heteroatoms. The number of nitrogens with one attached hydrogen (secondary N) is 1. The summed E-state index contributed by atoms with van der Waals surface area (Å²) in [6.45, 7) is -0.0824. The molecule has 0 aliphatic carbocycles. The summed E-state index contributed by atoms with van der Waals surface area (Å²) in [5.74, 6) is -0.689. The van der Waals surface area contributed by atoms with Gasteiger partial charge in [0.15, 0.2) is 27.4 Å². The zero-order valence-corrected chi connectivity index (χ0v) is 15.7. The monoisotopic (exact) mass is 410 g/mol. The normalized spacial score (nSPS) is 18.6. The van der Waals surface area contributed by atoms with Crippen molar-refractivity contribution in [3.63, 3.8) is 0 Å². The summed E-state index contributed by atoms with van der Waals surface area (Å²) in [4.78, 5) is 13.6. The van der Waals surface area contributed by atoms with Crippen molar-refractivity contribution in [3.8, 4) is 11.5 Å². The van der Waals surface area contributed by atoms with Crippen LogP contribution < -0.4 is 14.8 Å². The molecular weight excluding hydrogens is 389 g/mol. The lowest BCUT2D eigenvalue weighted by atomic mass is 10.1. The van der Waals surface area contributed by atoms with Crippen molar-refractivity contribution in [1.29, 1.82) is 0 Å². The first-order valence-corrected chi connectivity index (χ1v) is 9.88. The molecule has 152 valence electrons. The van der Waals surface area contributed by atoms with Gasteiger partial charge in [0.1, 0.15) is 0 Å². The van der Waals surface area contributed by atoms with Crippen LogP contribution >= 0.6 is 0 Å². The predicted octanol–water partition coefficient (Wildman–Crippen LogP) is 1.15. The molecule has 0 radical (unpaired) electrons. The van der Waals surface area contributed by atoms with E-state index >= 15 is 0 Å². The minimum absolute atomic E-state index is 0.111. The maximum absolute atomic E-state index is 13.5. The van der Waals surface area contributed by atoms with Gasteiger partial charge in [-0.05, 0) is 17.7 Å². The summed E-state index contributed by atoms with van der Waals surface area (Å²) < 4.78 is 73.3. The molecule has 1 aliphatic heterocycles. The smallest absolute Gasteiger partial charge is 0.412 e. The number of rotatable bonds is 6. The number of methoxy groups -OCH3 is 2. The van der Waals surface area contributed by atoms with Crippen LogP contribution in [0.2, 0.25) is 0 Å². The molecule has 1 fully saturated rings. The van der Waals surface area contributed by atoms with Crippen molar-refractivity contribution in [3.05, 3.63) is 23.8 Å². The van der Waals surface area contributed by atoms with E-state index in [1.165, 1.54) is 31.3 Å². The molecule has 1 saturated heterocycles. The van der Waals surface area contributed by atoms with Gasteiger partial charge in [0.2, 0.25) is 5.91 Å². The van der Waals surface area contributed by atoms with Crippen LogP contribution in [-0.2, 0) is 14.6 Å². The van der Waals surface area contributed by atoms with Crippen molar-refractivity contribution < 1.29 is 35.9 Å². The number of hydrogen-bond acceptors (Lipinski definition) is 6. The maximum atomic E-state index is 13.5. The highest BCUT2D eigenvalue weighted by atomic mass is 32.2. The van der Waals surface area contributed by atoms with E-state index in [4.69, 9.17) is 9.47 Å². The number of sulfone groups is 1. The Morgan fingerprint density at radius 3 is 2.30 bits per heavy atom. The van der Waals surface area contributed by atoms with Gasteiger partial charge in [-0.3, -0.25) is 9.69 Å². The maximum Gasteiger partial charge on any atom is 0.412 e. The van der Waals surface area contributed by atoms with E-state index < -0.39 is 28.0 Å². The number of benzene rings is 1. The molecule has 0 spiro atoms. The van der Waals surface area contributed by atoms with E-state index in [-0.39, 0.29) is 48.2 Å². The number of amides is 1. The molecule has 1 N–H and O–H groups in total. The van der Waals surface area contributed by atoms with Crippen molar-refractivity contribution >= 4 is 15.7 Å². The largest absolute Gasteiger partial charge is 0.493 e. The first-order chi connectivity index (χ1) is 12.6. The van der Waals surface area contributed by atoms with Crippen molar-refractivity contribution in [2.24, 2.45) is 0 Å². The molecule has 1 amide bonds. The number of carbonyl (C=O) groups excluding carboxylic acids is 1. The van der Waals surface area contributed by atoms with Gasteiger partial charge in [-0.15, -0.1) is 0 Å². The highest BCUT2D eigenvalue weighted by molar-refractivity contribution is 7.91. The second-order valence-electron chi connectivity index (χ2n) is 6.08. The Hall–Kier alpha value is -2.01. The summed E-state index contributed by atoms with van der Waals surface area (Å²) in [5, 5.41) is 1.98. The van der Waals surface area contributed by atoms with Crippen LogP contribution in [0.25, 0.3) is 0 Å². The second kappa shape index (κ2) is 8.34. The first kappa shape index (κ1) is 21.3. The lowest BCUT2D eigenvalue weighted by molar-refractivity contribution is -0.163. The standard InChI is InChI=1S/C16H21F3N2O5S/c1-25-12-4-3-11(9-13(12)26-2)15(16(17,18)19)20-14(22)10-21-5-7-27(23,24)8-6-21/h3-4,9,15H,5-8,10H2,1-2H3,(H,20,22)/t15-/m1/s1. The number of alkyl halides is 3. The number of nitrogens with zero attached hydrogens (tertiary/aromatic N) is 1. The lowest BCUT2D eigenvalue weighted by Crippen LogP contribution is -2.47. The molecule has 7 nitrogen and oxygen atoms in total. The van der Waals surface area contributed by atoms with Crippen molar-refractivity contribution in [2.45, 2.75) is 12.2 Å². The Balaban J connectivity index is 2.12. The molecule has 0 saturated carbocycles. The van der Waals surface area contributed by atoms with Crippen LogP contribution in [0.5, 0.6) is 11.5 Å². The molecular formula is C16H21F3N2O5S. The van der Waals surface area contributed by atoms with Crippen LogP contribution in [0.3, 0.4) is 0 Å². The third-order valence-corrected chi connectivity index (χ3v) is 5.79. The molecule has 1 aliphatic rings. The number of carbonyl (C=O) groups is 1. The third kappa shape index (κ3) is 5.73. The minimum Gasteiger partial charge on any atom is -0.493 e. The quantitative estimate of drug-likeness (QED) is 0.758. The van der Waals surface area contributed by atoms with Gasteiger partial charge in [0, 0.05) is 13.1 Å². The highest BCUT2D eigenvalue weighted by Gasteiger charge is 2.42. The first-order valence-electron chi connectivity index (χ1n) is 8.06. The molecule has 0 bridgehead atoms. The fourth-order valence-electron chi connectivity index (χ4n) is 2.70. The average Bonchev–Trinajstić information content (AvgIpc) is 2.60. The Kier molecular flexibility index (Phi) is 6.58. The summed E-state index contributed by atoms with van der Waals surface area (Å²) >= 11 is 0. The van der Waals surface area contributed by atoms with Gasteiger partial charge in [0.25, 0.3) is 0 Å². The number of hydrogen-bond donors (Lipinski definition) is 1. The minimum atomic E-state index is -4.72. The van der Waals surface area contributed by atoms with E-state index in [2.05, 4.69) is 0 Å². The summed E-state index contributed by atoms with van der Waals surface area (Å²) in [6.07, 6.45) is -4.72. The van der Waals surface area contributed by atoms with Gasteiger partial charge in [0.05, 0.1) is 32.3 Å². The molecule has 0 aromatic heterocycles. The van der Waals surface area contributed by atoms with Gasteiger partial charge in [-0.25, -0.2) is 8.42 Å². The Morgan fingerprint density at radius 1 is 1.19 bits per heavy atom. The molecule has 0 unspecified atom stereocenters. The van der Waals surface area contributed by atoms with Gasteiger partial charge >= 0.3 is 6.18 Å². The molecule has 1 aromatic rings. The van der Waals surface area contributed by atoms with E-state index in [9.17, 15) is 26.4 Å². The topological polar surface area (TPSA) is 84.9 Å². The molecule has 1 heterocycles. The van der Waals surface area contributed by atoms with Crippen molar-refractivity contribution in [1.82, 2.24) is 10.2 Å². The number of ether oxygens (including phenoxy) is 2. The van der Waals surface area contributed by atoms with Gasteiger partial charge in [-0.2, -0.15) is 13.2 Å².